The van der Waals surface area contributed by atoms with E-state index in [0.29, 0.717) is 6.54 Å². The second-order valence-electron chi connectivity index (χ2n) is 6.46. The minimum atomic E-state index is -4.10. The first-order valence-corrected chi connectivity index (χ1v) is 10.5. The van der Waals surface area contributed by atoms with Crippen LogP contribution in [-0.2, 0) is 26.0 Å². The van der Waals surface area contributed by atoms with Gasteiger partial charge in [0.05, 0.1) is 10.6 Å². The van der Waals surface area contributed by atoms with E-state index in [1.54, 1.807) is 4.90 Å². The van der Waals surface area contributed by atoms with Gasteiger partial charge in [-0.3, -0.25) is 4.79 Å². The first kappa shape index (κ1) is 20.3. The van der Waals surface area contributed by atoms with Crippen molar-refractivity contribution in [1.29, 1.82) is 0 Å². The van der Waals surface area contributed by atoms with Gasteiger partial charge in [-0.05, 0) is 49.6 Å². The SMILES string of the molecule is CC(OC(=O)c1ccc(Cl)c(S(N)(=O)=O)c1)C(=O)N1CCCc2ccccc21. The minimum absolute atomic E-state index is 0.0629. The molecular formula is C19H19ClN2O5S. The Labute approximate surface area is 168 Å². The monoisotopic (exact) mass is 422 g/mol. The van der Waals surface area contributed by atoms with Crippen molar-refractivity contribution >= 4 is 39.2 Å². The summed E-state index contributed by atoms with van der Waals surface area (Å²) in [7, 11) is -4.10. The smallest absolute Gasteiger partial charge is 0.338 e. The molecule has 2 aromatic carbocycles. The lowest BCUT2D eigenvalue weighted by Gasteiger charge is -2.31. The van der Waals surface area contributed by atoms with Crippen molar-refractivity contribution in [3.8, 4) is 0 Å². The summed E-state index contributed by atoms with van der Waals surface area (Å²) >= 11 is 5.82. The predicted octanol–water partition coefficient (Wildman–Crippen LogP) is 2.51. The normalized spacial score (nSPS) is 14.9. The molecule has 2 aromatic rings. The van der Waals surface area contributed by atoms with Crippen LogP contribution >= 0.6 is 11.6 Å². The molecule has 9 heteroatoms. The Kier molecular flexibility index (Phi) is 5.74. The number of hydrogen-bond donors (Lipinski definition) is 1. The van der Waals surface area contributed by atoms with Crippen LogP contribution in [0.25, 0.3) is 0 Å². The standard InChI is InChI=1S/C19H19ClN2O5S/c1-12(18(23)22-10-4-6-13-5-2-3-7-16(13)22)27-19(24)14-8-9-15(20)17(11-14)28(21,25)26/h2-3,5,7-9,11-12H,4,6,10H2,1H3,(H2,21,25,26). The van der Waals surface area contributed by atoms with Gasteiger partial charge in [-0.15, -0.1) is 0 Å². The van der Waals surface area contributed by atoms with Gasteiger partial charge in [-0.1, -0.05) is 29.8 Å². The Bertz CT molecular complexity index is 1040. The van der Waals surface area contributed by atoms with E-state index in [-0.39, 0.29) is 21.4 Å². The summed E-state index contributed by atoms with van der Waals surface area (Å²) in [4.78, 5) is 26.5. The summed E-state index contributed by atoms with van der Waals surface area (Å²) in [5.74, 6) is -1.19. The van der Waals surface area contributed by atoms with Crippen molar-refractivity contribution in [2.45, 2.75) is 30.8 Å². The van der Waals surface area contributed by atoms with Crippen LogP contribution in [0.15, 0.2) is 47.4 Å². The van der Waals surface area contributed by atoms with Crippen LogP contribution < -0.4 is 10.0 Å². The van der Waals surface area contributed by atoms with Crippen LogP contribution in [0, 0.1) is 0 Å². The number of halogens is 1. The van der Waals surface area contributed by atoms with Gasteiger partial charge in [-0.25, -0.2) is 18.4 Å². The minimum Gasteiger partial charge on any atom is -0.449 e. The molecule has 0 radical (unpaired) electrons. The van der Waals surface area contributed by atoms with Crippen LogP contribution in [0.2, 0.25) is 5.02 Å². The molecule has 7 nitrogen and oxygen atoms in total. The molecule has 148 valence electrons. The van der Waals surface area contributed by atoms with Crippen molar-refractivity contribution in [1.82, 2.24) is 0 Å². The number of primary sulfonamides is 1. The van der Waals surface area contributed by atoms with Gasteiger partial charge in [-0.2, -0.15) is 0 Å². The number of nitrogens with two attached hydrogens (primary N) is 1. The molecule has 0 saturated heterocycles. The van der Waals surface area contributed by atoms with Crippen LogP contribution in [0.1, 0.15) is 29.3 Å². The van der Waals surface area contributed by atoms with Crippen LogP contribution in [0.4, 0.5) is 5.69 Å². The van der Waals surface area contributed by atoms with Crippen molar-refractivity contribution in [3.05, 3.63) is 58.6 Å². The zero-order chi connectivity index (χ0) is 20.5. The maximum absolute atomic E-state index is 12.8. The molecule has 1 atom stereocenters. The fourth-order valence-electron chi connectivity index (χ4n) is 3.11. The summed E-state index contributed by atoms with van der Waals surface area (Å²) in [5, 5.41) is 4.99. The summed E-state index contributed by atoms with van der Waals surface area (Å²) in [6.07, 6.45) is 0.653. The summed E-state index contributed by atoms with van der Waals surface area (Å²) in [5.41, 5.74) is 1.81. The molecular weight excluding hydrogens is 404 g/mol. The van der Waals surface area contributed by atoms with E-state index < -0.39 is 22.1 Å². The van der Waals surface area contributed by atoms with E-state index in [9.17, 15) is 18.0 Å². The molecule has 1 heterocycles. The van der Waals surface area contributed by atoms with Gasteiger partial charge in [0.25, 0.3) is 5.91 Å². The number of anilines is 1. The first-order valence-electron chi connectivity index (χ1n) is 8.61. The average Bonchev–Trinajstić information content (AvgIpc) is 2.66. The molecule has 1 amide bonds. The Morgan fingerprint density at radius 2 is 1.93 bits per heavy atom. The zero-order valence-electron chi connectivity index (χ0n) is 15.1. The maximum Gasteiger partial charge on any atom is 0.338 e. The highest BCUT2D eigenvalue weighted by atomic mass is 35.5. The second kappa shape index (κ2) is 7.90. The van der Waals surface area contributed by atoms with Crippen LogP contribution in [0.3, 0.4) is 0 Å². The molecule has 3 rings (SSSR count). The maximum atomic E-state index is 12.8. The Balaban J connectivity index is 1.78. The quantitative estimate of drug-likeness (QED) is 0.762. The Hall–Kier alpha value is -2.42. The molecule has 1 aliphatic heterocycles. The summed E-state index contributed by atoms with van der Waals surface area (Å²) in [6, 6.07) is 11.2. The number of amides is 1. The van der Waals surface area contributed by atoms with Crippen molar-refractivity contribution in [3.63, 3.8) is 0 Å². The van der Waals surface area contributed by atoms with Gasteiger partial charge in [0.2, 0.25) is 10.0 Å². The zero-order valence-corrected chi connectivity index (χ0v) is 16.7. The number of esters is 1. The topological polar surface area (TPSA) is 107 Å². The number of para-hydroxylation sites is 1. The number of ether oxygens (including phenoxy) is 1. The molecule has 1 unspecified atom stereocenters. The molecule has 0 aliphatic carbocycles. The highest BCUT2D eigenvalue weighted by molar-refractivity contribution is 7.89. The number of fused-ring (bicyclic) bond motifs is 1. The molecule has 0 fully saturated rings. The molecule has 28 heavy (non-hydrogen) atoms. The number of benzene rings is 2. The van der Waals surface area contributed by atoms with Gasteiger partial charge in [0.15, 0.2) is 6.10 Å². The second-order valence-corrected chi connectivity index (χ2v) is 8.40. The average molecular weight is 423 g/mol. The lowest BCUT2D eigenvalue weighted by molar-refractivity contribution is -0.126. The number of carbonyl (C=O) groups excluding carboxylic acids is 2. The van der Waals surface area contributed by atoms with E-state index in [1.807, 2.05) is 24.3 Å². The summed E-state index contributed by atoms with van der Waals surface area (Å²) in [6.45, 7) is 2.02. The molecule has 1 aliphatic rings. The molecule has 0 spiro atoms. The Morgan fingerprint density at radius 1 is 1.21 bits per heavy atom. The fraction of sp³-hybridized carbons (Fsp3) is 0.263. The number of sulfonamides is 1. The molecule has 0 bridgehead atoms. The third-order valence-corrected chi connectivity index (χ3v) is 5.87. The van der Waals surface area contributed by atoms with Crippen molar-refractivity contribution in [2.24, 2.45) is 5.14 Å². The van der Waals surface area contributed by atoms with Gasteiger partial charge in [0.1, 0.15) is 4.90 Å². The van der Waals surface area contributed by atoms with Gasteiger partial charge >= 0.3 is 5.97 Å². The van der Waals surface area contributed by atoms with Crippen molar-refractivity contribution < 1.29 is 22.7 Å². The molecule has 0 saturated carbocycles. The van der Waals surface area contributed by atoms with E-state index >= 15 is 0 Å². The third-order valence-electron chi connectivity index (χ3n) is 4.48. The lowest BCUT2D eigenvalue weighted by Crippen LogP contribution is -2.42. The van der Waals surface area contributed by atoms with Crippen molar-refractivity contribution in [2.75, 3.05) is 11.4 Å². The van der Waals surface area contributed by atoms with Crippen LogP contribution in [-0.4, -0.2) is 32.9 Å². The van der Waals surface area contributed by atoms with Crippen LogP contribution in [0.5, 0.6) is 0 Å². The van der Waals surface area contributed by atoms with E-state index in [1.165, 1.54) is 19.1 Å². The van der Waals surface area contributed by atoms with E-state index in [2.05, 4.69) is 0 Å². The molecule has 2 N–H and O–H groups in total. The number of carbonyl (C=O) groups is 2. The first-order chi connectivity index (χ1) is 13.2. The van der Waals surface area contributed by atoms with E-state index in [0.717, 1.165) is 30.2 Å². The highest BCUT2D eigenvalue weighted by Gasteiger charge is 2.29. The fourth-order valence-corrected chi connectivity index (χ4v) is 4.18. The lowest BCUT2D eigenvalue weighted by atomic mass is 10.0. The van der Waals surface area contributed by atoms with Gasteiger partial charge in [0, 0.05) is 12.2 Å². The Morgan fingerprint density at radius 3 is 2.64 bits per heavy atom. The number of aryl methyl sites for hydroxylation is 1. The number of rotatable bonds is 4. The summed E-state index contributed by atoms with van der Waals surface area (Å²) < 4.78 is 28.4. The third kappa shape index (κ3) is 4.19. The largest absolute Gasteiger partial charge is 0.449 e. The number of hydrogen-bond acceptors (Lipinski definition) is 5. The van der Waals surface area contributed by atoms with Gasteiger partial charge < -0.3 is 9.64 Å². The highest BCUT2D eigenvalue weighted by Crippen LogP contribution is 2.28. The number of nitrogens with zero attached hydrogens (tertiary/aromatic N) is 1. The predicted molar refractivity (Wildman–Crippen MR) is 105 cm³/mol. The molecule has 0 aromatic heterocycles. The van der Waals surface area contributed by atoms with E-state index in [4.69, 9.17) is 21.5 Å².